The number of rotatable bonds is 3. The monoisotopic (exact) mass is 691 g/mol. The SMILES string of the molecule is C[Si]1(C)c2ccccc2-c2ccc3nc(-c4cccc5c(-c6ccc7ccc8ccc(-c9ccccc9)nc8c7n6)cccc45)c4ccccc4c3c21. The summed E-state index contributed by atoms with van der Waals surface area (Å²) in [7, 11) is -1.96. The fraction of sp³-hybridized carbons (Fsp3) is 0.0408. The van der Waals surface area contributed by atoms with Crippen molar-refractivity contribution < 1.29 is 0 Å². The maximum absolute atomic E-state index is 5.54. The van der Waals surface area contributed by atoms with Crippen LogP contribution in [0.5, 0.6) is 0 Å². The van der Waals surface area contributed by atoms with Gasteiger partial charge in [-0.3, -0.25) is 0 Å². The molecule has 0 N–H and O–H groups in total. The van der Waals surface area contributed by atoms with Crippen molar-refractivity contribution in [3.8, 4) is 44.9 Å². The Morgan fingerprint density at radius 3 is 1.77 bits per heavy atom. The Hall–Kier alpha value is -6.49. The molecular formula is C49H33N3Si. The van der Waals surface area contributed by atoms with Gasteiger partial charge in [-0.25, -0.2) is 15.0 Å². The standard InChI is InChI=1S/C49H33N3Si/c1-53(2)44-21-9-8-14-36(44)40-26-29-43-45(49(40)53)37-15-6-7-16-39(37)48(52-43)38-20-11-17-33-34(38)18-10-19-35(33)42-28-25-32-23-22-31-24-27-41(30-12-4-3-5-13-30)50-46(31)47(32)51-42/h3-29H,1-2H3. The molecule has 0 spiro atoms. The number of hydrogen-bond acceptors (Lipinski definition) is 3. The predicted molar refractivity (Wildman–Crippen MR) is 226 cm³/mol. The molecule has 0 atom stereocenters. The minimum absolute atomic E-state index is 0.911. The molecule has 10 aromatic rings. The normalized spacial score (nSPS) is 13.2. The van der Waals surface area contributed by atoms with E-state index in [9.17, 15) is 0 Å². The first-order valence-electron chi connectivity index (χ1n) is 18.3. The van der Waals surface area contributed by atoms with E-state index in [4.69, 9.17) is 15.0 Å². The Bertz CT molecular complexity index is 3150. The molecule has 0 radical (unpaired) electrons. The molecule has 7 aromatic carbocycles. The molecule has 4 heterocycles. The van der Waals surface area contributed by atoms with Crippen molar-refractivity contribution in [3.63, 3.8) is 0 Å². The van der Waals surface area contributed by atoms with Crippen LogP contribution in [0.4, 0.5) is 0 Å². The lowest BCUT2D eigenvalue weighted by molar-refractivity contribution is 1.37. The fourth-order valence-electron chi connectivity index (χ4n) is 8.95. The van der Waals surface area contributed by atoms with Crippen LogP contribution in [0.25, 0.3) is 99.2 Å². The number of fused-ring (bicyclic) bond motifs is 11. The van der Waals surface area contributed by atoms with Gasteiger partial charge in [0.2, 0.25) is 0 Å². The summed E-state index contributed by atoms with van der Waals surface area (Å²) < 4.78 is 0. The Morgan fingerprint density at radius 2 is 0.981 bits per heavy atom. The molecule has 1 aliphatic rings. The van der Waals surface area contributed by atoms with E-state index >= 15 is 0 Å². The second-order valence-electron chi connectivity index (χ2n) is 14.7. The molecule has 0 saturated heterocycles. The maximum atomic E-state index is 5.54. The molecule has 0 aliphatic carbocycles. The number of aromatic nitrogens is 3. The Morgan fingerprint density at radius 1 is 0.396 bits per heavy atom. The van der Waals surface area contributed by atoms with E-state index in [0.717, 1.165) is 71.9 Å². The summed E-state index contributed by atoms with van der Waals surface area (Å²) in [5.74, 6) is 0. The number of benzene rings is 7. The van der Waals surface area contributed by atoms with E-state index in [2.05, 4.69) is 171 Å². The van der Waals surface area contributed by atoms with Crippen molar-refractivity contribution in [2.45, 2.75) is 13.1 Å². The van der Waals surface area contributed by atoms with Crippen LogP contribution in [0.2, 0.25) is 13.1 Å². The molecule has 0 saturated carbocycles. The highest BCUT2D eigenvalue weighted by Gasteiger charge is 2.39. The summed E-state index contributed by atoms with van der Waals surface area (Å²) in [4.78, 5) is 16.0. The maximum Gasteiger partial charge on any atom is 0.114 e. The second kappa shape index (κ2) is 11.3. The van der Waals surface area contributed by atoms with Crippen LogP contribution in [-0.2, 0) is 0 Å². The van der Waals surface area contributed by atoms with E-state index in [1.165, 1.54) is 37.7 Å². The largest absolute Gasteiger partial charge is 0.247 e. The summed E-state index contributed by atoms with van der Waals surface area (Å²) >= 11 is 0. The van der Waals surface area contributed by atoms with Crippen LogP contribution in [-0.4, -0.2) is 23.0 Å². The first-order chi connectivity index (χ1) is 26.0. The molecule has 0 fully saturated rings. The lowest BCUT2D eigenvalue weighted by Crippen LogP contribution is -2.49. The van der Waals surface area contributed by atoms with E-state index in [0.29, 0.717) is 0 Å². The van der Waals surface area contributed by atoms with Crippen molar-refractivity contribution >= 4 is 72.7 Å². The zero-order chi connectivity index (χ0) is 35.3. The average Bonchev–Trinajstić information content (AvgIpc) is 3.45. The molecule has 1 aliphatic heterocycles. The quantitative estimate of drug-likeness (QED) is 0.137. The Labute approximate surface area is 308 Å². The van der Waals surface area contributed by atoms with Gasteiger partial charge < -0.3 is 0 Å². The highest BCUT2D eigenvalue weighted by atomic mass is 28.3. The third-order valence-electron chi connectivity index (χ3n) is 11.4. The summed E-state index contributed by atoms with van der Waals surface area (Å²) in [6.07, 6.45) is 0. The summed E-state index contributed by atoms with van der Waals surface area (Å²) in [5, 5.41) is 11.3. The van der Waals surface area contributed by atoms with Gasteiger partial charge in [0.25, 0.3) is 0 Å². The van der Waals surface area contributed by atoms with Gasteiger partial charge in [-0.1, -0.05) is 159 Å². The van der Waals surface area contributed by atoms with Crippen LogP contribution in [0.1, 0.15) is 0 Å². The molecule has 0 unspecified atom stereocenters. The lowest BCUT2D eigenvalue weighted by Gasteiger charge is -2.22. The second-order valence-corrected chi connectivity index (χ2v) is 19.0. The van der Waals surface area contributed by atoms with Crippen LogP contribution in [0, 0.1) is 0 Å². The van der Waals surface area contributed by atoms with E-state index in [1.54, 1.807) is 0 Å². The molecule has 4 heteroatoms. The Balaban J connectivity index is 1.11. The molecular weight excluding hydrogens is 659 g/mol. The van der Waals surface area contributed by atoms with Crippen molar-refractivity contribution in [2.75, 3.05) is 0 Å². The smallest absolute Gasteiger partial charge is 0.114 e. The predicted octanol–water partition coefficient (Wildman–Crippen LogP) is 11.4. The topological polar surface area (TPSA) is 38.7 Å². The van der Waals surface area contributed by atoms with Gasteiger partial charge in [-0.2, -0.15) is 0 Å². The van der Waals surface area contributed by atoms with E-state index in [1.807, 2.05) is 6.07 Å². The van der Waals surface area contributed by atoms with Gasteiger partial charge in [0.1, 0.15) is 8.07 Å². The molecule has 248 valence electrons. The first-order valence-corrected chi connectivity index (χ1v) is 21.3. The molecule has 53 heavy (non-hydrogen) atoms. The van der Waals surface area contributed by atoms with Crippen molar-refractivity contribution in [2.24, 2.45) is 0 Å². The Kier molecular flexibility index (Phi) is 6.40. The average molecular weight is 692 g/mol. The highest BCUT2D eigenvalue weighted by molar-refractivity contribution is 7.05. The van der Waals surface area contributed by atoms with Gasteiger partial charge >= 0.3 is 0 Å². The van der Waals surface area contributed by atoms with Gasteiger partial charge in [0.05, 0.1) is 33.6 Å². The lowest BCUT2D eigenvalue weighted by atomic mass is 9.93. The fourth-order valence-corrected chi connectivity index (χ4v) is 12.4. The molecule has 0 bridgehead atoms. The van der Waals surface area contributed by atoms with Crippen LogP contribution in [0.3, 0.4) is 0 Å². The van der Waals surface area contributed by atoms with Crippen molar-refractivity contribution in [1.82, 2.24) is 15.0 Å². The van der Waals surface area contributed by atoms with Crippen LogP contribution >= 0.6 is 0 Å². The molecule has 3 nitrogen and oxygen atoms in total. The van der Waals surface area contributed by atoms with Crippen molar-refractivity contribution in [3.05, 3.63) is 164 Å². The van der Waals surface area contributed by atoms with Crippen LogP contribution < -0.4 is 10.4 Å². The summed E-state index contributed by atoms with van der Waals surface area (Å²) in [6.45, 7) is 4.99. The zero-order valence-electron chi connectivity index (χ0n) is 29.4. The van der Waals surface area contributed by atoms with Gasteiger partial charge in [-0.15, -0.1) is 0 Å². The molecule has 3 aromatic heterocycles. The minimum atomic E-state index is -1.96. The summed E-state index contributed by atoms with van der Waals surface area (Å²) in [5.41, 5.74) is 11.9. The van der Waals surface area contributed by atoms with Gasteiger partial charge in [0, 0.05) is 38.2 Å². The minimum Gasteiger partial charge on any atom is -0.247 e. The number of hydrogen-bond donors (Lipinski definition) is 0. The number of nitrogens with zero attached hydrogens (tertiary/aromatic N) is 3. The van der Waals surface area contributed by atoms with E-state index in [-0.39, 0.29) is 0 Å². The molecule has 0 amide bonds. The zero-order valence-corrected chi connectivity index (χ0v) is 30.4. The van der Waals surface area contributed by atoms with Crippen molar-refractivity contribution in [1.29, 1.82) is 0 Å². The summed E-state index contributed by atoms with van der Waals surface area (Å²) in [6, 6.07) is 58.8. The third-order valence-corrected chi connectivity index (χ3v) is 15.0. The highest BCUT2D eigenvalue weighted by Crippen LogP contribution is 2.41. The van der Waals surface area contributed by atoms with Gasteiger partial charge in [-0.05, 0) is 55.9 Å². The molecule has 11 rings (SSSR count). The number of pyridine rings is 3. The van der Waals surface area contributed by atoms with E-state index < -0.39 is 8.07 Å². The van der Waals surface area contributed by atoms with Gasteiger partial charge in [0.15, 0.2) is 0 Å². The third kappa shape index (κ3) is 4.43. The van der Waals surface area contributed by atoms with Crippen LogP contribution in [0.15, 0.2) is 164 Å². The first kappa shape index (κ1) is 30.2.